The normalized spacial score (nSPS) is 18.9. The first-order valence-electron chi connectivity index (χ1n) is 12.9. The molecule has 1 unspecified atom stereocenters. The van der Waals surface area contributed by atoms with Gasteiger partial charge in [0.05, 0.1) is 14.2 Å². The fourth-order valence-corrected chi connectivity index (χ4v) is 4.21. The predicted octanol–water partition coefficient (Wildman–Crippen LogP) is 4.34. The molecular formula is C29H35FeN9O2. The molecule has 11 nitrogen and oxygen atoms in total. The molecule has 0 saturated carbocycles. The van der Waals surface area contributed by atoms with Gasteiger partial charge in [-0.05, 0) is 64.5 Å². The van der Waals surface area contributed by atoms with Gasteiger partial charge in [-0.15, -0.1) is 25.9 Å². The van der Waals surface area contributed by atoms with E-state index in [1.807, 2.05) is 143 Å². The smallest absolute Gasteiger partial charge is 0.510 e. The maximum Gasteiger partial charge on any atom is 4.00 e. The predicted molar refractivity (Wildman–Crippen MR) is 158 cm³/mol. The quantitative estimate of drug-likeness (QED) is 0.353. The first-order chi connectivity index (χ1) is 19.3. The molecule has 0 saturated heterocycles. The summed E-state index contributed by atoms with van der Waals surface area (Å²) in [7, 11) is 9.27. The maximum atomic E-state index is 5.39. The SMILES string of the molecule is COc1cc(N2C=CC(C)[CH-]2)nc(N2C=CN(C)[CH-]2)c1.COc1cc(N2C=CN(C)[CH-]2)nc(N2C=CN(C)[CH-]2)c1.[Fe+4]. The Hall–Kier alpha value is -4.02. The average molecular weight is 598 g/mol. The topological polar surface area (TPSA) is 66.9 Å². The summed E-state index contributed by atoms with van der Waals surface area (Å²) in [4.78, 5) is 23.2. The molecule has 6 rings (SSSR count). The van der Waals surface area contributed by atoms with E-state index in [1.165, 1.54) is 0 Å². The van der Waals surface area contributed by atoms with Gasteiger partial charge in [-0.1, -0.05) is 13.0 Å². The van der Waals surface area contributed by atoms with Crippen LogP contribution in [0, 0.1) is 32.5 Å². The summed E-state index contributed by atoms with van der Waals surface area (Å²) in [6, 6.07) is 7.68. The summed E-state index contributed by atoms with van der Waals surface area (Å²) in [6.07, 6.45) is 16.0. The molecule has 2 aromatic heterocycles. The van der Waals surface area contributed by atoms with Gasteiger partial charge in [0.25, 0.3) is 0 Å². The Morgan fingerprint density at radius 1 is 0.585 bits per heavy atom. The molecule has 4 aliphatic rings. The number of anilines is 4. The van der Waals surface area contributed by atoms with E-state index in [-0.39, 0.29) is 17.1 Å². The second kappa shape index (κ2) is 13.1. The van der Waals surface area contributed by atoms with Crippen molar-refractivity contribution in [3.63, 3.8) is 0 Å². The van der Waals surface area contributed by atoms with Crippen LogP contribution in [0.15, 0.2) is 73.7 Å². The van der Waals surface area contributed by atoms with Crippen LogP contribution in [-0.2, 0) is 17.1 Å². The van der Waals surface area contributed by atoms with Crippen LogP contribution in [0.2, 0.25) is 0 Å². The van der Waals surface area contributed by atoms with Gasteiger partial charge in [0.15, 0.2) is 0 Å². The summed E-state index contributed by atoms with van der Waals surface area (Å²) >= 11 is 0. The van der Waals surface area contributed by atoms with Crippen LogP contribution in [0.1, 0.15) is 6.92 Å². The van der Waals surface area contributed by atoms with Crippen molar-refractivity contribution in [2.24, 2.45) is 5.92 Å². The van der Waals surface area contributed by atoms with E-state index < -0.39 is 0 Å². The number of ether oxygens (including phenoxy) is 2. The minimum Gasteiger partial charge on any atom is -0.510 e. The monoisotopic (exact) mass is 597 g/mol. The van der Waals surface area contributed by atoms with Gasteiger partial charge in [-0.25, -0.2) is 16.5 Å². The summed E-state index contributed by atoms with van der Waals surface area (Å²) in [5.74, 6) is 5.32. The van der Waals surface area contributed by atoms with Crippen molar-refractivity contribution in [2.75, 3.05) is 55.0 Å². The second-order valence-corrected chi connectivity index (χ2v) is 9.66. The summed E-state index contributed by atoms with van der Waals surface area (Å²) in [5.41, 5.74) is 0. The number of aromatic nitrogens is 2. The number of rotatable bonds is 6. The summed E-state index contributed by atoms with van der Waals surface area (Å²) in [6.45, 7) is 10.2. The maximum absolute atomic E-state index is 5.39. The molecule has 0 fully saturated rings. The van der Waals surface area contributed by atoms with Gasteiger partial charge in [0.2, 0.25) is 0 Å². The van der Waals surface area contributed by atoms with Gasteiger partial charge in [0, 0.05) is 24.3 Å². The molecule has 0 aromatic carbocycles. The molecule has 0 N–H and O–H groups in total. The number of pyridine rings is 2. The van der Waals surface area contributed by atoms with Crippen molar-refractivity contribution in [1.29, 1.82) is 0 Å². The first-order valence-corrected chi connectivity index (χ1v) is 12.9. The van der Waals surface area contributed by atoms with Gasteiger partial charge in [-0.3, -0.25) is 0 Å². The molecule has 0 spiro atoms. The van der Waals surface area contributed by atoms with Crippen LogP contribution in [0.5, 0.6) is 11.5 Å². The summed E-state index contributed by atoms with van der Waals surface area (Å²) < 4.78 is 10.8. The van der Waals surface area contributed by atoms with Crippen LogP contribution in [0.3, 0.4) is 0 Å². The molecule has 41 heavy (non-hydrogen) atoms. The molecule has 12 heteroatoms. The Morgan fingerprint density at radius 3 is 1.22 bits per heavy atom. The van der Waals surface area contributed by atoms with E-state index in [9.17, 15) is 0 Å². The van der Waals surface area contributed by atoms with Crippen molar-refractivity contribution in [3.05, 3.63) is 100 Å². The minimum atomic E-state index is 0. The molecular weight excluding hydrogens is 562 g/mol. The Bertz CT molecular complexity index is 1130. The van der Waals surface area contributed by atoms with E-state index in [4.69, 9.17) is 14.5 Å². The number of hydrogen-bond donors (Lipinski definition) is 0. The zero-order valence-electron chi connectivity index (χ0n) is 24.0. The van der Waals surface area contributed by atoms with Crippen LogP contribution in [0.25, 0.3) is 0 Å². The first kappa shape index (κ1) is 29.9. The van der Waals surface area contributed by atoms with Crippen molar-refractivity contribution >= 4 is 23.3 Å². The standard InChI is InChI=1S/C15H18N4O.C14H17N5O.Fe/c1-12-4-5-18(10-12)14-8-13(20-3)9-15(16-14)19-7-6-17(2)11-19;1-16-4-6-18(10-16)13-8-12(20-3)9-14(15-13)19-7-5-17(2)11-19;/h4-12H,1-3H3;4-11H,1-3H3;/q2*-2;+4. The number of hydrogen-bond acceptors (Lipinski definition) is 11. The molecule has 216 valence electrons. The van der Waals surface area contributed by atoms with Crippen LogP contribution >= 0.6 is 0 Å². The molecule has 0 aliphatic carbocycles. The Kier molecular flexibility index (Phi) is 9.57. The third kappa shape index (κ3) is 7.20. The van der Waals surface area contributed by atoms with Crippen molar-refractivity contribution in [3.8, 4) is 11.5 Å². The van der Waals surface area contributed by atoms with E-state index >= 15 is 0 Å². The molecule has 0 bridgehead atoms. The van der Waals surface area contributed by atoms with Gasteiger partial charge < -0.3 is 43.8 Å². The van der Waals surface area contributed by atoms with Crippen LogP contribution < -0.4 is 29.1 Å². The van der Waals surface area contributed by atoms with Gasteiger partial charge >= 0.3 is 17.1 Å². The fourth-order valence-electron chi connectivity index (χ4n) is 4.21. The zero-order valence-corrected chi connectivity index (χ0v) is 25.1. The largest absolute Gasteiger partial charge is 4.00 e. The third-order valence-corrected chi connectivity index (χ3v) is 6.33. The minimum absolute atomic E-state index is 0. The van der Waals surface area contributed by atoms with E-state index in [1.54, 1.807) is 14.2 Å². The van der Waals surface area contributed by atoms with E-state index in [2.05, 4.69) is 24.5 Å². The molecule has 6 heterocycles. The van der Waals surface area contributed by atoms with Crippen LogP contribution in [-0.4, -0.2) is 60.0 Å². The summed E-state index contributed by atoms with van der Waals surface area (Å²) in [5, 5.41) is 0. The van der Waals surface area contributed by atoms with Crippen molar-refractivity contribution in [2.45, 2.75) is 6.92 Å². The van der Waals surface area contributed by atoms with Crippen molar-refractivity contribution in [1.82, 2.24) is 24.7 Å². The van der Waals surface area contributed by atoms with Gasteiger partial charge in [0.1, 0.15) is 34.8 Å². The van der Waals surface area contributed by atoms with Crippen LogP contribution in [0.4, 0.5) is 23.3 Å². The molecule has 4 aliphatic heterocycles. The zero-order chi connectivity index (χ0) is 28.2. The Labute approximate surface area is 253 Å². The van der Waals surface area contributed by atoms with Crippen molar-refractivity contribution < 1.29 is 26.5 Å². The third-order valence-electron chi connectivity index (χ3n) is 6.33. The second-order valence-electron chi connectivity index (χ2n) is 9.66. The Morgan fingerprint density at radius 2 is 0.951 bits per heavy atom. The van der Waals surface area contributed by atoms with Gasteiger partial charge in [-0.2, -0.15) is 0 Å². The molecule has 2 aromatic rings. The fraction of sp³-hybridized carbons (Fsp3) is 0.241. The number of methoxy groups -OCH3 is 2. The number of nitrogens with zero attached hydrogens (tertiary/aromatic N) is 9. The Balaban J connectivity index is 0.000000184. The average Bonchev–Trinajstić information content (AvgIpc) is 3.77. The molecule has 0 radical (unpaired) electrons. The molecule has 0 amide bonds. The van der Waals surface area contributed by atoms with E-state index in [0.29, 0.717) is 5.92 Å². The van der Waals surface area contributed by atoms with E-state index in [0.717, 1.165) is 34.8 Å². The molecule has 1 atom stereocenters.